The molecular weight excluding hydrogens is 276 g/mol. The van der Waals surface area contributed by atoms with Crippen molar-refractivity contribution in [2.24, 2.45) is 0 Å². The summed E-state index contributed by atoms with van der Waals surface area (Å²) in [5, 5.41) is 3.33. The fourth-order valence-corrected chi connectivity index (χ4v) is 1.98. The first-order valence-corrected chi connectivity index (χ1v) is 6.51. The standard InChI is InChI=1S/C14H15BrN2/c1-2-11-5-3-4-6-12(11)9-16-14-8-7-13(15)10-17-14/h3-8,10H,2,9H2,1H3,(H,16,17). The molecule has 17 heavy (non-hydrogen) atoms. The molecule has 1 N–H and O–H groups in total. The fourth-order valence-electron chi connectivity index (χ4n) is 1.74. The molecule has 2 nitrogen and oxygen atoms in total. The van der Waals surface area contributed by atoms with Crippen LogP contribution in [0.25, 0.3) is 0 Å². The molecule has 0 bridgehead atoms. The maximum Gasteiger partial charge on any atom is 0.126 e. The number of nitrogens with zero attached hydrogens (tertiary/aromatic N) is 1. The van der Waals surface area contributed by atoms with E-state index in [0.717, 1.165) is 23.3 Å². The van der Waals surface area contributed by atoms with Gasteiger partial charge in [0.25, 0.3) is 0 Å². The van der Waals surface area contributed by atoms with Gasteiger partial charge in [0, 0.05) is 17.2 Å². The predicted molar refractivity (Wildman–Crippen MR) is 75.1 cm³/mol. The molecule has 0 aliphatic heterocycles. The Morgan fingerprint density at radius 3 is 2.53 bits per heavy atom. The zero-order valence-corrected chi connectivity index (χ0v) is 11.4. The van der Waals surface area contributed by atoms with Crippen LogP contribution in [0, 0.1) is 0 Å². The Kier molecular flexibility index (Phi) is 4.15. The summed E-state index contributed by atoms with van der Waals surface area (Å²) < 4.78 is 0.997. The number of benzene rings is 1. The largest absolute Gasteiger partial charge is 0.366 e. The highest BCUT2D eigenvalue weighted by atomic mass is 79.9. The maximum absolute atomic E-state index is 4.29. The molecule has 0 fully saturated rings. The van der Waals surface area contributed by atoms with Crippen molar-refractivity contribution in [3.05, 3.63) is 58.2 Å². The van der Waals surface area contributed by atoms with Crippen molar-refractivity contribution in [2.45, 2.75) is 19.9 Å². The molecule has 0 saturated carbocycles. The monoisotopic (exact) mass is 290 g/mol. The molecule has 0 unspecified atom stereocenters. The molecule has 2 rings (SSSR count). The first-order chi connectivity index (χ1) is 8.29. The van der Waals surface area contributed by atoms with E-state index in [-0.39, 0.29) is 0 Å². The minimum Gasteiger partial charge on any atom is -0.366 e. The van der Waals surface area contributed by atoms with Gasteiger partial charge in [-0.15, -0.1) is 0 Å². The van der Waals surface area contributed by atoms with Gasteiger partial charge in [0.05, 0.1) is 0 Å². The van der Waals surface area contributed by atoms with Crippen LogP contribution in [-0.4, -0.2) is 4.98 Å². The van der Waals surface area contributed by atoms with Crippen molar-refractivity contribution in [1.82, 2.24) is 4.98 Å². The minimum atomic E-state index is 0.818. The van der Waals surface area contributed by atoms with Gasteiger partial charge in [0.15, 0.2) is 0 Å². The summed E-state index contributed by atoms with van der Waals surface area (Å²) in [4.78, 5) is 4.29. The van der Waals surface area contributed by atoms with Crippen LogP contribution in [0.4, 0.5) is 5.82 Å². The molecule has 0 aliphatic carbocycles. The second kappa shape index (κ2) is 5.82. The number of hydrogen-bond acceptors (Lipinski definition) is 2. The van der Waals surface area contributed by atoms with Crippen molar-refractivity contribution in [3.8, 4) is 0 Å². The van der Waals surface area contributed by atoms with E-state index in [1.54, 1.807) is 6.20 Å². The second-order valence-electron chi connectivity index (χ2n) is 3.84. The van der Waals surface area contributed by atoms with Crippen molar-refractivity contribution in [3.63, 3.8) is 0 Å². The van der Waals surface area contributed by atoms with Crippen LogP contribution in [0.5, 0.6) is 0 Å². The number of pyridine rings is 1. The Balaban J connectivity index is 2.04. The first kappa shape index (κ1) is 12.1. The number of halogens is 1. The normalized spacial score (nSPS) is 10.2. The molecule has 88 valence electrons. The Labute approximate surface area is 110 Å². The second-order valence-corrected chi connectivity index (χ2v) is 4.75. The molecule has 1 aromatic heterocycles. The first-order valence-electron chi connectivity index (χ1n) is 5.72. The van der Waals surface area contributed by atoms with Crippen LogP contribution in [0.3, 0.4) is 0 Å². The van der Waals surface area contributed by atoms with E-state index < -0.39 is 0 Å². The molecule has 2 aromatic rings. The number of nitrogens with one attached hydrogen (secondary N) is 1. The van der Waals surface area contributed by atoms with E-state index >= 15 is 0 Å². The van der Waals surface area contributed by atoms with Gasteiger partial charge in [0.2, 0.25) is 0 Å². The molecule has 0 atom stereocenters. The highest BCUT2D eigenvalue weighted by Gasteiger charge is 2.00. The molecule has 0 amide bonds. The zero-order valence-electron chi connectivity index (χ0n) is 9.78. The predicted octanol–water partition coefficient (Wildman–Crippen LogP) is 4.02. The van der Waals surface area contributed by atoms with Crippen molar-refractivity contribution < 1.29 is 0 Å². The summed E-state index contributed by atoms with van der Waals surface area (Å²) in [5.74, 6) is 0.902. The average Bonchev–Trinajstić information content (AvgIpc) is 2.38. The Morgan fingerprint density at radius 2 is 1.88 bits per heavy atom. The number of aryl methyl sites for hydroxylation is 1. The van der Waals surface area contributed by atoms with Crippen LogP contribution in [0.2, 0.25) is 0 Å². The SMILES string of the molecule is CCc1ccccc1CNc1ccc(Br)cn1. The van der Waals surface area contributed by atoms with Crippen molar-refractivity contribution in [2.75, 3.05) is 5.32 Å². The van der Waals surface area contributed by atoms with E-state index in [4.69, 9.17) is 0 Å². The number of hydrogen-bond donors (Lipinski definition) is 1. The van der Waals surface area contributed by atoms with Crippen LogP contribution >= 0.6 is 15.9 Å². The van der Waals surface area contributed by atoms with Crippen LogP contribution in [0.15, 0.2) is 47.1 Å². The molecule has 0 aliphatic rings. The Bertz CT molecular complexity index is 480. The summed E-state index contributed by atoms with van der Waals surface area (Å²) in [6, 6.07) is 12.4. The van der Waals surface area contributed by atoms with Gasteiger partial charge < -0.3 is 5.32 Å². The fraction of sp³-hybridized carbons (Fsp3) is 0.214. The lowest BCUT2D eigenvalue weighted by molar-refractivity contribution is 1.03. The maximum atomic E-state index is 4.29. The summed E-state index contributed by atoms with van der Waals surface area (Å²) in [5.41, 5.74) is 2.72. The van der Waals surface area contributed by atoms with Crippen molar-refractivity contribution >= 4 is 21.7 Å². The highest BCUT2D eigenvalue weighted by molar-refractivity contribution is 9.10. The average molecular weight is 291 g/mol. The number of aromatic nitrogens is 1. The smallest absolute Gasteiger partial charge is 0.126 e. The molecular formula is C14H15BrN2. The van der Waals surface area contributed by atoms with E-state index in [1.807, 2.05) is 12.1 Å². The molecule has 1 aromatic carbocycles. The highest BCUT2D eigenvalue weighted by Crippen LogP contribution is 2.14. The van der Waals surface area contributed by atoms with Crippen LogP contribution in [0.1, 0.15) is 18.1 Å². The topological polar surface area (TPSA) is 24.9 Å². The van der Waals surface area contributed by atoms with Gasteiger partial charge in [-0.25, -0.2) is 4.98 Å². The Hall–Kier alpha value is -1.35. The third-order valence-corrected chi connectivity index (χ3v) is 3.16. The van der Waals surface area contributed by atoms with Gasteiger partial charge in [0.1, 0.15) is 5.82 Å². The van der Waals surface area contributed by atoms with Gasteiger partial charge in [-0.05, 0) is 45.6 Å². The molecule has 0 radical (unpaired) electrons. The minimum absolute atomic E-state index is 0.818. The zero-order chi connectivity index (χ0) is 12.1. The summed E-state index contributed by atoms with van der Waals surface area (Å²) in [7, 11) is 0. The number of rotatable bonds is 4. The van der Waals surface area contributed by atoms with Gasteiger partial charge in [-0.1, -0.05) is 31.2 Å². The quantitative estimate of drug-likeness (QED) is 0.920. The lowest BCUT2D eigenvalue weighted by Crippen LogP contribution is -2.03. The summed E-state index contributed by atoms with van der Waals surface area (Å²) in [6.07, 6.45) is 2.86. The van der Waals surface area contributed by atoms with Gasteiger partial charge in [-0.2, -0.15) is 0 Å². The Morgan fingerprint density at radius 1 is 1.12 bits per heavy atom. The molecule has 3 heteroatoms. The number of anilines is 1. The molecule has 0 saturated heterocycles. The lowest BCUT2D eigenvalue weighted by Gasteiger charge is -2.09. The van der Waals surface area contributed by atoms with Crippen molar-refractivity contribution in [1.29, 1.82) is 0 Å². The van der Waals surface area contributed by atoms with E-state index in [9.17, 15) is 0 Å². The van der Waals surface area contributed by atoms with Crippen LogP contribution in [-0.2, 0) is 13.0 Å². The van der Waals surface area contributed by atoms with Gasteiger partial charge >= 0.3 is 0 Å². The summed E-state index contributed by atoms with van der Waals surface area (Å²) in [6.45, 7) is 3.00. The summed E-state index contributed by atoms with van der Waals surface area (Å²) >= 11 is 3.37. The molecule has 0 spiro atoms. The van der Waals surface area contributed by atoms with E-state index in [1.165, 1.54) is 11.1 Å². The van der Waals surface area contributed by atoms with E-state index in [2.05, 4.69) is 57.4 Å². The van der Waals surface area contributed by atoms with E-state index in [0.29, 0.717) is 0 Å². The van der Waals surface area contributed by atoms with Crippen LogP contribution < -0.4 is 5.32 Å². The van der Waals surface area contributed by atoms with Gasteiger partial charge in [-0.3, -0.25) is 0 Å². The molecule has 1 heterocycles. The third-order valence-electron chi connectivity index (χ3n) is 2.69. The lowest BCUT2D eigenvalue weighted by atomic mass is 10.1. The third kappa shape index (κ3) is 3.30.